The predicted octanol–water partition coefficient (Wildman–Crippen LogP) is 2.09. The molecule has 2 N–H and O–H groups in total. The summed E-state index contributed by atoms with van der Waals surface area (Å²) in [7, 11) is 0. The van der Waals surface area contributed by atoms with Crippen LogP contribution >= 0.6 is 0 Å². The zero-order valence-corrected chi connectivity index (χ0v) is 10.9. The van der Waals surface area contributed by atoms with Crippen molar-refractivity contribution in [1.82, 2.24) is 14.6 Å². The lowest BCUT2D eigenvalue weighted by molar-refractivity contribution is 0.922. The van der Waals surface area contributed by atoms with Crippen LogP contribution in [-0.2, 0) is 13.0 Å². The molecular weight excluding hydrogens is 236 g/mol. The molecule has 0 aliphatic carbocycles. The van der Waals surface area contributed by atoms with E-state index in [4.69, 9.17) is 5.73 Å². The van der Waals surface area contributed by atoms with E-state index < -0.39 is 0 Å². The number of aromatic nitrogens is 3. The van der Waals surface area contributed by atoms with Gasteiger partial charge in [0.1, 0.15) is 5.82 Å². The Labute approximate surface area is 111 Å². The van der Waals surface area contributed by atoms with E-state index in [2.05, 4.69) is 41.4 Å². The van der Waals surface area contributed by atoms with Crippen molar-refractivity contribution in [3.8, 4) is 0 Å². The monoisotopic (exact) mass is 252 g/mol. The Morgan fingerprint density at radius 1 is 1.00 bits per heavy atom. The fourth-order valence-electron chi connectivity index (χ4n) is 2.11. The number of nitrogens with two attached hydrogens (primary N) is 1. The van der Waals surface area contributed by atoms with Crippen LogP contribution in [0.25, 0.3) is 5.65 Å². The standard InChI is InChI=1S/C15H16N4/c1-11-2-4-12(5-3-11)8-15-18-17-14-7-6-13(9-16)10-19(14)15/h2-7,10H,8-9,16H2,1H3. The molecule has 4 nitrogen and oxygen atoms in total. The van der Waals surface area contributed by atoms with Crippen LogP contribution in [0.15, 0.2) is 42.6 Å². The van der Waals surface area contributed by atoms with Crippen LogP contribution in [0.5, 0.6) is 0 Å². The van der Waals surface area contributed by atoms with Crippen LogP contribution in [-0.4, -0.2) is 14.6 Å². The summed E-state index contributed by atoms with van der Waals surface area (Å²) in [5.74, 6) is 0.939. The normalized spacial score (nSPS) is 11.1. The van der Waals surface area contributed by atoms with Crippen LogP contribution in [0, 0.1) is 6.92 Å². The molecule has 0 aliphatic heterocycles. The summed E-state index contributed by atoms with van der Waals surface area (Å²) in [5, 5.41) is 8.44. The first-order chi connectivity index (χ1) is 9.26. The third-order valence-electron chi connectivity index (χ3n) is 3.25. The van der Waals surface area contributed by atoms with Gasteiger partial charge >= 0.3 is 0 Å². The van der Waals surface area contributed by atoms with Gasteiger partial charge in [0.15, 0.2) is 5.65 Å². The van der Waals surface area contributed by atoms with E-state index in [9.17, 15) is 0 Å². The van der Waals surface area contributed by atoms with Gasteiger partial charge in [0.05, 0.1) is 0 Å². The van der Waals surface area contributed by atoms with Crippen LogP contribution < -0.4 is 5.73 Å². The minimum absolute atomic E-state index is 0.526. The maximum atomic E-state index is 5.67. The van der Waals surface area contributed by atoms with Crippen molar-refractivity contribution in [2.45, 2.75) is 19.9 Å². The third-order valence-corrected chi connectivity index (χ3v) is 3.25. The Kier molecular flexibility index (Phi) is 3.01. The largest absolute Gasteiger partial charge is 0.326 e. The number of hydrogen-bond acceptors (Lipinski definition) is 3. The van der Waals surface area contributed by atoms with Crippen molar-refractivity contribution < 1.29 is 0 Å². The van der Waals surface area contributed by atoms with Gasteiger partial charge in [0.2, 0.25) is 0 Å². The Morgan fingerprint density at radius 2 is 1.74 bits per heavy atom. The molecule has 0 amide bonds. The van der Waals surface area contributed by atoms with E-state index in [1.807, 2.05) is 22.7 Å². The third kappa shape index (κ3) is 2.35. The number of rotatable bonds is 3. The second-order valence-electron chi connectivity index (χ2n) is 4.75. The lowest BCUT2D eigenvalue weighted by Gasteiger charge is -2.03. The summed E-state index contributed by atoms with van der Waals surface area (Å²) in [6.07, 6.45) is 2.79. The minimum atomic E-state index is 0.526. The topological polar surface area (TPSA) is 56.2 Å². The van der Waals surface area contributed by atoms with E-state index >= 15 is 0 Å². The molecule has 0 spiro atoms. The lowest BCUT2D eigenvalue weighted by atomic mass is 10.1. The van der Waals surface area contributed by atoms with Gasteiger partial charge in [0.25, 0.3) is 0 Å². The Hall–Kier alpha value is -2.20. The smallest absolute Gasteiger partial charge is 0.160 e. The van der Waals surface area contributed by atoms with Gasteiger partial charge in [-0.05, 0) is 24.1 Å². The summed E-state index contributed by atoms with van der Waals surface area (Å²) >= 11 is 0. The summed E-state index contributed by atoms with van der Waals surface area (Å²) in [6, 6.07) is 12.4. The molecule has 1 aromatic carbocycles. The second-order valence-corrected chi connectivity index (χ2v) is 4.75. The van der Waals surface area contributed by atoms with E-state index in [0.29, 0.717) is 6.54 Å². The van der Waals surface area contributed by atoms with Crippen molar-refractivity contribution in [2.24, 2.45) is 5.73 Å². The molecule has 0 bridgehead atoms. The van der Waals surface area contributed by atoms with Crippen LogP contribution in [0.1, 0.15) is 22.5 Å². The van der Waals surface area contributed by atoms with Gasteiger partial charge in [-0.3, -0.25) is 4.40 Å². The Morgan fingerprint density at radius 3 is 2.47 bits per heavy atom. The number of hydrogen-bond donors (Lipinski definition) is 1. The molecule has 0 atom stereocenters. The number of aryl methyl sites for hydroxylation is 1. The van der Waals surface area contributed by atoms with Crippen molar-refractivity contribution in [3.05, 3.63) is 65.1 Å². The molecule has 2 heterocycles. The highest BCUT2D eigenvalue weighted by Crippen LogP contribution is 2.12. The lowest BCUT2D eigenvalue weighted by Crippen LogP contribution is -2.01. The quantitative estimate of drug-likeness (QED) is 0.776. The van der Waals surface area contributed by atoms with Gasteiger partial charge in [-0.15, -0.1) is 10.2 Å². The zero-order valence-electron chi connectivity index (χ0n) is 10.9. The maximum absolute atomic E-state index is 5.67. The molecule has 0 radical (unpaired) electrons. The number of benzene rings is 1. The van der Waals surface area contributed by atoms with Gasteiger partial charge in [-0.1, -0.05) is 35.9 Å². The average molecular weight is 252 g/mol. The van der Waals surface area contributed by atoms with E-state index in [1.165, 1.54) is 11.1 Å². The first-order valence-electron chi connectivity index (χ1n) is 6.34. The number of pyridine rings is 1. The molecular formula is C15H16N4. The van der Waals surface area contributed by atoms with Gasteiger partial charge in [-0.2, -0.15) is 0 Å². The summed E-state index contributed by atoms with van der Waals surface area (Å²) < 4.78 is 2.02. The predicted molar refractivity (Wildman–Crippen MR) is 74.9 cm³/mol. The molecule has 0 fully saturated rings. The van der Waals surface area contributed by atoms with E-state index in [0.717, 1.165) is 23.5 Å². The molecule has 19 heavy (non-hydrogen) atoms. The highest BCUT2D eigenvalue weighted by atomic mass is 15.2. The van der Waals surface area contributed by atoms with Crippen LogP contribution in [0.3, 0.4) is 0 Å². The van der Waals surface area contributed by atoms with Crippen molar-refractivity contribution in [1.29, 1.82) is 0 Å². The summed E-state index contributed by atoms with van der Waals surface area (Å²) in [5.41, 5.74) is 10.1. The highest BCUT2D eigenvalue weighted by molar-refractivity contribution is 5.40. The molecule has 0 aliphatic rings. The van der Waals surface area contributed by atoms with Crippen LogP contribution in [0.4, 0.5) is 0 Å². The molecule has 0 saturated heterocycles. The second kappa shape index (κ2) is 4.82. The van der Waals surface area contributed by atoms with Crippen LogP contribution in [0.2, 0.25) is 0 Å². The van der Waals surface area contributed by atoms with Gasteiger partial charge in [-0.25, -0.2) is 0 Å². The first kappa shape index (κ1) is 11.9. The molecule has 96 valence electrons. The van der Waals surface area contributed by atoms with E-state index in [-0.39, 0.29) is 0 Å². The van der Waals surface area contributed by atoms with Crippen molar-refractivity contribution in [2.75, 3.05) is 0 Å². The fourth-order valence-corrected chi connectivity index (χ4v) is 2.11. The molecule has 4 heteroatoms. The Bertz CT molecular complexity index is 698. The van der Waals surface area contributed by atoms with Gasteiger partial charge < -0.3 is 5.73 Å². The van der Waals surface area contributed by atoms with E-state index in [1.54, 1.807) is 0 Å². The van der Waals surface area contributed by atoms with Gasteiger partial charge in [0, 0.05) is 19.2 Å². The minimum Gasteiger partial charge on any atom is -0.326 e. The summed E-state index contributed by atoms with van der Waals surface area (Å²) in [6.45, 7) is 2.61. The SMILES string of the molecule is Cc1ccc(Cc2nnc3ccc(CN)cn23)cc1. The number of fused-ring (bicyclic) bond motifs is 1. The Balaban J connectivity index is 1.98. The maximum Gasteiger partial charge on any atom is 0.160 e. The first-order valence-corrected chi connectivity index (χ1v) is 6.34. The fraction of sp³-hybridized carbons (Fsp3) is 0.200. The molecule has 0 saturated carbocycles. The molecule has 3 rings (SSSR count). The number of nitrogens with zero attached hydrogens (tertiary/aromatic N) is 3. The van der Waals surface area contributed by atoms with Crippen molar-refractivity contribution in [3.63, 3.8) is 0 Å². The summed E-state index contributed by atoms with van der Waals surface area (Å²) in [4.78, 5) is 0. The highest BCUT2D eigenvalue weighted by Gasteiger charge is 2.06. The van der Waals surface area contributed by atoms with Crippen molar-refractivity contribution >= 4 is 5.65 Å². The zero-order chi connectivity index (χ0) is 13.2. The molecule has 0 unspecified atom stereocenters. The molecule has 3 aromatic rings. The molecule has 2 aromatic heterocycles. The average Bonchev–Trinajstić information content (AvgIpc) is 2.84.